The van der Waals surface area contributed by atoms with E-state index in [0.717, 1.165) is 50.5 Å². The molecule has 3 rings (SSSR count). The van der Waals surface area contributed by atoms with Gasteiger partial charge in [-0.15, -0.1) is 0 Å². The molecule has 8 nitrogen and oxygen atoms in total. The minimum atomic E-state index is 0.0417. The number of benzene rings is 1. The van der Waals surface area contributed by atoms with E-state index in [9.17, 15) is 5.26 Å². The van der Waals surface area contributed by atoms with E-state index in [4.69, 9.17) is 16.2 Å². The maximum absolute atomic E-state index is 9.34. The molecule has 2 aromatic rings. The Morgan fingerprint density at radius 3 is 2.70 bits per heavy atom. The highest BCUT2D eigenvalue weighted by Gasteiger charge is 2.14. The van der Waals surface area contributed by atoms with Gasteiger partial charge < -0.3 is 26.0 Å². The first kappa shape index (κ1) is 18.9. The van der Waals surface area contributed by atoms with Crippen molar-refractivity contribution < 1.29 is 4.74 Å². The first-order valence-corrected chi connectivity index (χ1v) is 9.04. The normalized spacial score (nSPS) is 15.4. The van der Waals surface area contributed by atoms with Crippen molar-refractivity contribution in [2.45, 2.75) is 6.42 Å². The molecule has 0 spiro atoms. The molecule has 0 bridgehead atoms. The number of hydrogen-bond donors (Lipinski definition) is 2. The van der Waals surface area contributed by atoms with Crippen molar-refractivity contribution >= 4 is 11.8 Å². The lowest BCUT2D eigenvalue weighted by Gasteiger charge is -2.32. The van der Waals surface area contributed by atoms with Gasteiger partial charge in [0.15, 0.2) is 0 Å². The summed E-state index contributed by atoms with van der Waals surface area (Å²) in [4.78, 5) is 12.8. The van der Waals surface area contributed by atoms with Gasteiger partial charge in [0.2, 0.25) is 5.95 Å². The van der Waals surface area contributed by atoms with E-state index in [1.54, 1.807) is 0 Å². The summed E-state index contributed by atoms with van der Waals surface area (Å²) < 4.78 is 5.89. The maximum atomic E-state index is 9.34. The Kier molecular flexibility index (Phi) is 6.06. The van der Waals surface area contributed by atoms with Gasteiger partial charge in [-0.05, 0) is 25.6 Å². The molecule has 1 aliphatic heterocycles. The van der Waals surface area contributed by atoms with Crippen molar-refractivity contribution in [3.05, 3.63) is 29.8 Å². The van der Waals surface area contributed by atoms with Crippen molar-refractivity contribution in [2.75, 3.05) is 57.8 Å². The molecule has 142 valence electrons. The number of nitrogens with zero attached hydrogens (tertiary/aromatic N) is 5. The number of nitriles is 1. The van der Waals surface area contributed by atoms with Gasteiger partial charge in [0.05, 0.1) is 12.3 Å². The number of ether oxygens (including phenoxy) is 1. The third-order valence-corrected chi connectivity index (χ3v) is 4.66. The summed E-state index contributed by atoms with van der Waals surface area (Å²) in [7, 11) is 2.16. The van der Waals surface area contributed by atoms with Gasteiger partial charge in [-0.2, -0.15) is 10.2 Å². The van der Waals surface area contributed by atoms with Gasteiger partial charge in [-0.3, -0.25) is 0 Å². The number of aromatic nitrogens is 2. The fourth-order valence-corrected chi connectivity index (χ4v) is 3.10. The smallest absolute Gasteiger partial charge is 0.222 e. The highest BCUT2D eigenvalue weighted by atomic mass is 16.5. The molecule has 2 heterocycles. The summed E-state index contributed by atoms with van der Waals surface area (Å²) in [6, 6.07) is 9.49. The topological polar surface area (TPSA) is 117 Å². The minimum Gasteiger partial charge on any atom is -0.494 e. The van der Waals surface area contributed by atoms with E-state index in [2.05, 4.69) is 26.8 Å². The monoisotopic (exact) mass is 367 g/mol. The van der Waals surface area contributed by atoms with Crippen LogP contribution in [0.1, 0.15) is 12.0 Å². The lowest BCUT2D eigenvalue weighted by Crippen LogP contribution is -2.44. The van der Waals surface area contributed by atoms with Crippen molar-refractivity contribution in [1.82, 2.24) is 19.8 Å². The van der Waals surface area contributed by atoms with E-state index in [1.807, 2.05) is 30.3 Å². The summed E-state index contributed by atoms with van der Waals surface area (Å²) in [6.45, 7) is 6.13. The van der Waals surface area contributed by atoms with E-state index < -0.39 is 0 Å². The fraction of sp³-hybridized carbons (Fsp3) is 0.421. The number of likely N-dealkylation sites (N-methyl/N-ethyl adjacent to an activating group) is 1. The number of anilines is 2. The van der Waals surface area contributed by atoms with Gasteiger partial charge in [0.25, 0.3) is 0 Å². The number of nitrogens with two attached hydrogens (primary N) is 2. The molecule has 0 amide bonds. The Hall–Kier alpha value is -2.89. The Morgan fingerprint density at radius 1 is 1.19 bits per heavy atom. The highest BCUT2D eigenvalue weighted by molar-refractivity contribution is 5.73. The van der Waals surface area contributed by atoms with E-state index >= 15 is 0 Å². The highest BCUT2D eigenvalue weighted by Crippen LogP contribution is 2.28. The third-order valence-electron chi connectivity index (χ3n) is 4.66. The molecule has 1 saturated heterocycles. The molecule has 1 aromatic heterocycles. The van der Waals surface area contributed by atoms with Crippen LogP contribution in [0.5, 0.6) is 5.75 Å². The van der Waals surface area contributed by atoms with E-state index in [1.165, 1.54) is 0 Å². The van der Waals surface area contributed by atoms with Gasteiger partial charge >= 0.3 is 0 Å². The van der Waals surface area contributed by atoms with Crippen LogP contribution in [0.3, 0.4) is 0 Å². The zero-order chi connectivity index (χ0) is 19.2. The van der Waals surface area contributed by atoms with Crippen LogP contribution in [0.25, 0.3) is 11.3 Å². The Morgan fingerprint density at radius 2 is 1.96 bits per heavy atom. The summed E-state index contributed by atoms with van der Waals surface area (Å²) in [6.07, 6.45) is 0.963. The second-order valence-corrected chi connectivity index (χ2v) is 6.68. The number of hydrogen-bond acceptors (Lipinski definition) is 8. The van der Waals surface area contributed by atoms with Crippen LogP contribution >= 0.6 is 0 Å². The number of nitrogen functional groups attached to an aromatic ring is 2. The second-order valence-electron chi connectivity index (χ2n) is 6.68. The molecule has 1 fully saturated rings. The van der Waals surface area contributed by atoms with Gasteiger partial charge in [-0.25, -0.2) is 4.98 Å². The van der Waals surface area contributed by atoms with Gasteiger partial charge in [-0.1, -0.05) is 12.1 Å². The molecule has 1 aliphatic rings. The van der Waals surface area contributed by atoms with Gasteiger partial charge in [0.1, 0.15) is 23.2 Å². The average molecular weight is 367 g/mol. The summed E-state index contributed by atoms with van der Waals surface area (Å²) in [5, 5.41) is 9.34. The molecule has 0 aliphatic carbocycles. The molecular weight excluding hydrogens is 342 g/mol. The predicted molar refractivity (Wildman–Crippen MR) is 105 cm³/mol. The molecule has 0 radical (unpaired) electrons. The molecule has 4 N–H and O–H groups in total. The van der Waals surface area contributed by atoms with Crippen LogP contribution in [0.4, 0.5) is 11.8 Å². The van der Waals surface area contributed by atoms with Crippen LogP contribution < -0.4 is 16.2 Å². The van der Waals surface area contributed by atoms with Crippen LogP contribution in [-0.2, 0) is 0 Å². The number of piperazine rings is 1. The lowest BCUT2D eigenvalue weighted by atomic mass is 10.1. The lowest BCUT2D eigenvalue weighted by molar-refractivity contribution is 0.145. The van der Waals surface area contributed by atoms with Crippen molar-refractivity contribution in [2.24, 2.45) is 0 Å². The predicted octanol–water partition coefficient (Wildman–Crippen LogP) is 1.20. The zero-order valence-electron chi connectivity index (χ0n) is 15.6. The van der Waals surface area contributed by atoms with E-state index in [0.29, 0.717) is 12.3 Å². The minimum absolute atomic E-state index is 0.0417. The van der Waals surface area contributed by atoms with Crippen LogP contribution in [0.15, 0.2) is 24.3 Å². The standard InChI is InChI=1S/C19H25N7O/c1-25-7-9-26(10-8-25)6-3-11-27-15-5-2-4-14(12-15)17-16(13-20)18(21)24-19(22)23-17/h2,4-5,12H,3,6-11H2,1H3,(H4,21,22,23,24). The maximum Gasteiger partial charge on any atom is 0.222 e. The Balaban J connectivity index is 1.61. The third kappa shape index (κ3) is 4.84. The van der Waals surface area contributed by atoms with Crippen molar-refractivity contribution in [3.8, 4) is 23.1 Å². The largest absolute Gasteiger partial charge is 0.494 e. The zero-order valence-corrected chi connectivity index (χ0v) is 15.6. The van der Waals surface area contributed by atoms with Crippen molar-refractivity contribution in [3.63, 3.8) is 0 Å². The molecule has 0 atom stereocenters. The molecule has 27 heavy (non-hydrogen) atoms. The summed E-state index contributed by atoms with van der Waals surface area (Å²) in [5.74, 6) is 0.851. The summed E-state index contributed by atoms with van der Waals surface area (Å²) >= 11 is 0. The molecule has 8 heteroatoms. The SMILES string of the molecule is CN1CCN(CCCOc2cccc(-c3nc(N)nc(N)c3C#N)c2)CC1. The Bertz CT molecular complexity index is 825. The number of rotatable bonds is 6. The van der Waals surface area contributed by atoms with Crippen LogP contribution in [0, 0.1) is 11.3 Å². The van der Waals surface area contributed by atoms with E-state index in [-0.39, 0.29) is 17.3 Å². The van der Waals surface area contributed by atoms with Crippen LogP contribution in [-0.4, -0.2) is 66.1 Å². The second kappa shape index (κ2) is 8.66. The average Bonchev–Trinajstić information content (AvgIpc) is 2.66. The summed E-state index contributed by atoms with van der Waals surface area (Å²) in [5.41, 5.74) is 12.8. The van der Waals surface area contributed by atoms with Crippen molar-refractivity contribution in [1.29, 1.82) is 5.26 Å². The quantitative estimate of drug-likeness (QED) is 0.731. The molecular formula is C19H25N7O. The fourth-order valence-electron chi connectivity index (χ4n) is 3.10. The molecule has 0 unspecified atom stereocenters. The molecule has 0 saturated carbocycles. The first-order valence-electron chi connectivity index (χ1n) is 9.04. The Labute approximate surface area is 159 Å². The van der Waals surface area contributed by atoms with Crippen LogP contribution in [0.2, 0.25) is 0 Å². The van der Waals surface area contributed by atoms with Gasteiger partial charge in [0, 0.05) is 38.3 Å². The molecule has 1 aromatic carbocycles. The first-order chi connectivity index (χ1) is 13.1.